The molecule has 1 saturated heterocycles. The first-order chi connectivity index (χ1) is 13.6. The lowest BCUT2D eigenvalue weighted by atomic mass is 9.49. The van der Waals surface area contributed by atoms with Crippen LogP contribution in [-0.2, 0) is 4.79 Å². The smallest absolute Gasteiger partial charge is 0.275 e. The first kappa shape index (κ1) is 18.7. The third-order valence-electron chi connectivity index (χ3n) is 7.90. The predicted molar refractivity (Wildman–Crippen MR) is 113 cm³/mol. The Labute approximate surface area is 173 Å². The standard InChI is InChI=1S/C23H32ClN3O/c24-20-3-1-2-4-21(20)27-7-5-26(6-8-27)15-22(28)25-16-23-12-17-9-18(13-23)11-19(10-17)14-23/h1-4,17-19H,5-16H2,(H,25,28)/p+1. The quantitative estimate of drug-likeness (QED) is 0.793. The van der Waals surface area contributed by atoms with Crippen molar-refractivity contribution in [1.82, 2.24) is 5.32 Å². The molecule has 4 aliphatic carbocycles. The van der Waals surface area contributed by atoms with Crippen LogP contribution in [0.1, 0.15) is 38.5 Å². The fraction of sp³-hybridized carbons (Fsp3) is 0.696. The Morgan fingerprint density at radius 2 is 1.68 bits per heavy atom. The number of nitrogens with one attached hydrogen (secondary N) is 2. The second-order valence-corrected chi connectivity index (χ2v) is 10.5. The Bertz CT molecular complexity index is 693. The molecule has 1 aromatic rings. The number of rotatable bonds is 5. The van der Waals surface area contributed by atoms with Gasteiger partial charge in [-0.3, -0.25) is 4.79 Å². The highest BCUT2D eigenvalue weighted by Crippen LogP contribution is 2.59. The van der Waals surface area contributed by atoms with E-state index in [1.807, 2.05) is 18.2 Å². The van der Waals surface area contributed by atoms with E-state index in [1.165, 1.54) is 43.4 Å². The zero-order valence-electron chi connectivity index (χ0n) is 16.8. The maximum atomic E-state index is 12.6. The van der Waals surface area contributed by atoms with Crippen molar-refractivity contribution in [1.29, 1.82) is 0 Å². The highest BCUT2D eigenvalue weighted by molar-refractivity contribution is 6.33. The second-order valence-electron chi connectivity index (χ2n) is 10.1. The zero-order valence-corrected chi connectivity index (χ0v) is 17.5. The normalized spacial score (nSPS) is 34.6. The molecule has 6 rings (SSSR count). The van der Waals surface area contributed by atoms with E-state index in [4.69, 9.17) is 11.6 Å². The minimum absolute atomic E-state index is 0.247. The van der Waals surface area contributed by atoms with Crippen molar-refractivity contribution >= 4 is 23.2 Å². The van der Waals surface area contributed by atoms with Gasteiger partial charge in [0.1, 0.15) is 0 Å². The van der Waals surface area contributed by atoms with Crippen LogP contribution in [0.15, 0.2) is 24.3 Å². The monoisotopic (exact) mass is 402 g/mol. The van der Waals surface area contributed by atoms with Gasteiger partial charge in [0.2, 0.25) is 0 Å². The highest BCUT2D eigenvalue weighted by Gasteiger charge is 2.50. The zero-order chi connectivity index (χ0) is 19.1. The molecular weight excluding hydrogens is 370 g/mol. The second kappa shape index (κ2) is 7.53. The Morgan fingerprint density at radius 3 is 2.29 bits per heavy atom. The van der Waals surface area contributed by atoms with Gasteiger partial charge in [0.15, 0.2) is 6.54 Å². The number of piperazine rings is 1. The van der Waals surface area contributed by atoms with Gasteiger partial charge in [-0.05, 0) is 73.8 Å². The third kappa shape index (κ3) is 3.78. The molecule has 5 heteroatoms. The van der Waals surface area contributed by atoms with Gasteiger partial charge in [-0.15, -0.1) is 0 Å². The Hall–Kier alpha value is -1.26. The summed E-state index contributed by atoms with van der Waals surface area (Å²) in [6.07, 6.45) is 8.49. The van der Waals surface area contributed by atoms with Crippen LogP contribution in [0, 0.1) is 23.2 Å². The third-order valence-corrected chi connectivity index (χ3v) is 8.22. The number of anilines is 1. The molecule has 5 fully saturated rings. The van der Waals surface area contributed by atoms with E-state index in [1.54, 1.807) is 0 Å². The predicted octanol–water partition coefficient (Wildman–Crippen LogP) is 2.38. The molecule has 0 spiro atoms. The van der Waals surface area contributed by atoms with E-state index in [0.717, 1.165) is 61.2 Å². The summed E-state index contributed by atoms with van der Waals surface area (Å²) in [6.45, 7) is 5.45. The lowest BCUT2D eigenvalue weighted by molar-refractivity contribution is -0.892. The summed E-state index contributed by atoms with van der Waals surface area (Å²) < 4.78 is 0. The molecule has 0 radical (unpaired) electrons. The van der Waals surface area contributed by atoms with Crippen LogP contribution in [0.5, 0.6) is 0 Å². The van der Waals surface area contributed by atoms with Gasteiger partial charge in [0.25, 0.3) is 5.91 Å². The molecule has 4 saturated carbocycles. The fourth-order valence-corrected chi connectivity index (χ4v) is 7.29. The van der Waals surface area contributed by atoms with E-state index >= 15 is 0 Å². The van der Waals surface area contributed by atoms with Crippen molar-refractivity contribution in [2.45, 2.75) is 38.5 Å². The first-order valence-corrected chi connectivity index (χ1v) is 11.6. The van der Waals surface area contributed by atoms with E-state index in [2.05, 4.69) is 16.3 Å². The molecule has 28 heavy (non-hydrogen) atoms. The van der Waals surface area contributed by atoms with Gasteiger partial charge in [-0.1, -0.05) is 23.7 Å². The number of amides is 1. The van der Waals surface area contributed by atoms with Crippen molar-refractivity contribution in [3.63, 3.8) is 0 Å². The SMILES string of the molecule is O=C(C[NH+]1CCN(c2ccccc2Cl)CC1)NCC12CC3CC(CC(C3)C1)C2. The molecule has 0 atom stereocenters. The van der Waals surface area contributed by atoms with Crippen molar-refractivity contribution in [2.75, 3.05) is 44.2 Å². The van der Waals surface area contributed by atoms with Crippen LogP contribution in [-0.4, -0.2) is 45.2 Å². The summed E-state index contributed by atoms with van der Waals surface area (Å²) in [6, 6.07) is 8.05. The molecule has 0 unspecified atom stereocenters. The Kier molecular flexibility index (Phi) is 5.04. The average molecular weight is 403 g/mol. The number of hydrogen-bond acceptors (Lipinski definition) is 2. The number of carbonyl (C=O) groups is 1. The van der Waals surface area contributed by atoms with Crippen LogP contribution in [0.25, 0.3) is 0 Å². The molecule has 1 aliphatic heterocycles. The van der Waals surface area contributed by atoms with Crippen molar-refractivity contribution in [3.8, 4) is 0 Å². The average Bonchev–Trinajstić information content (AvgIpc) is 2.67. The van der Waals surface area contributed by atoms with Crippen molar-refractivity contribution < 1.29 is 9.69 Å². The van der Waals surface area contributed by atoms with Crippen LogP contribution in [0.4, 0.5) is 5.69 Å². The van der Waals surface area contributed by atoms with Gasteiger partial charge < -0.3 is 15.1 Å². The molecule has 2 N–H and O–H groups in total. The number of benzene rings is 1. The topological polar surface area (TPSA) is 36.8 Å². The van der Waals surface area contributed by atoms with Crippen LogP contribution in [0.2, 0.25) is 5.02 Å². The number of para-hydroxylation sites is 1. The van der Waals surface area contributed by atoms with Gasteiger partial charge in [-0.2, -0.15) is 0 Å². The molecule has 0 aromatic heterocycles. The van der Waals surface area contributed by atoms with E-state index < -0.39 is 0 Å². The molecular formula is C23H33ClN3O+. The summed E-state index contributed by atoms with van der Waals surface area (Å²) >= 11 is 6.34. The minimum Gasteiger partial charge on any atom is -0.359 e. The molecule has 1 aromatic carbocycles. The molecule has 5 aliphatic rings. The molecule has 4 nitrogen and oxygen atoms in total. The summed E-state index contributed by atoms with van der Waals surface area (Å²) in [5.41, 5.74) is 1.55. The van der Waals surface area contributed by atoms with Crippen molar-refractivity contribution in [3.05, 3.63) is 29.3 Å². The van der Waals surface area contributed by atoms with Crippen molar-refractivity contribution in [2.24, 2.45) is 23.2 Å². The minimum atomic E-state index is 0.247. The van der Waals surface area contributed by atoms with Gasteiger partial charge in [-0.25, -0.2) is 0 Å². The number of carbonyl (C=O) groups excluding carboxylic acids is 1. The fourth-order valence-electron chi connectivity index (χ4n) is 7.03. The number of halogens is 1. The Morgan fingerprint density at radius 1 is 1.07 bits per heavy atom. The lowest BCUT2D eigenvalue weighted by Crippen LogP contribution is -3.16. The van der Waals surface area contributed by atoms with E-state index in [0.29, 0.717) is 12.0 Å². The number of hydrogen-bond donors (Lipinski definition) is 2. The maximum Gasteiger partial charge on any atom is 0.275 e. The number of nitrogens with zero attached hydrogens (tertiary/aromatic N) is 1. The molecule has 4 bridgehead atoms. The maximum absolute atomic E-state index is 12.6. The van der Waals surface area contributed by atoms with Crippen LogP contribution < -0.4 is 15.1 Å². The van der Waals surface area contributed by atoms with Crippen LogP contribution in [0.3, 0.4) is 0 Å². The first-order valence-electron chi connectivity index (χ1n) is 11.2. The van der Waals surface area contributed by atoms with Gasteiger partial charge in [0, 0.05) is 6.54 Å². The molecule has 1 heterocycles. The van der Waals surface area contributed by atoms with Gasteiger partial charge >= 0.3 is 0 Å². The van der Waals surface area contributed by atoms with E-state index in [-0.39, 0.29) is 5.91 Å². The van der Waals surface area contributed by atoms with Crippen LogP contribution >= 0.6 is 11.6 Å². The summed E-state index contributed by atoms with van der Waals surface area (Å²) in [5.74, 6) is 3.10. The lowest BCUT2D eigenvalue weighted by Gasteiger charge is -2.56. The Balaban J connectivity index is 1.09. The van der Waals surface area contributed by atoms with E-state index in [9.17, 15) is 4.79 Å². The number of quaternary nitrogens is 1. The van der Waals surface area contributed by atoms with Gasteiger partial charge in [0.05, 0.1) is 36.9 Å². The summed E-state index contributed by atoms with van der Waals surface area (Å²) in [4.78, 5) is 16.4. The highest BCUT2D eigenvalue weighted by atomic mass is 35.5. The summed E-state index contributed by atoms with van der Waals surface area (Å²) in [7, 11) is 0. The molecule has 1 amide bonds. The molecule has 152 valence electrons. The largest absolute Gasteiger partial charge is 0.359 e. The summed E-state index contributed by atoms with van der Waals surface area (Å²) in [5, 5.41) is 4.16.